The topological polar surface area (TPSA) is 98.7 Å². The molecule has 6 nitrogen and oxygen atoms in total. The highest BCUT2D eigenvalue weighted by molar-refractivity contribution is 5.79. The monoisotopic (exact) mass is 352 g/mol. The Labute approximate surface area is 150 Å². The van der Waals surface area contributed by atoms with Gasteiger partial charge in [0.25, 0.3) is 0 Å². The average molecular weight is 352 g/mol. The van der Waals surface area contributed by atoms with Crippen LogP contribution in [0.15, 0.2) is 60.7 Å². The van der Waals surface area contributed by atoms with Crippen molar-refractivity contribution in [1.82, 2.24) is 9.55 Å². The van der Waals surface area contributed by atoms with Gasteiger partial charge in [-0.1, -0.05) is 60.7 Å². The Morgan fingerprint density at radius 1 is 0.808 bits per heavy atom. The molecule has 2 aromatic carbocycles. The van der Waals surface area contributed by atoms with Crippen LogP contribution in [0.4, 0.5) is 0 Å². The Bertz CT molecular complexity index is 895. The highest BCUT2D eigenvalue weighted by Crippen LogP contribution is 2.41. The van der Waals surface area contributed by atoms with Crippen LogP contribution in [0.3, 0.4) is 0 Å². The summed E-state index contributed by atoms with van der Waals surface area (Å²) in [7, 11) is 0. The molecule has 1 aliphatic rings. The van der Waals surface area contributed by atoms with Crippen molar-refractivity contribution in [3.8, 4) is 22.5 Å². The van der Waals surface area contributed by atoms with Crippen molar-refractivity contribution in [3.05, 3.63) is 66.5 Å². The van der Waals surface area contributed by atoms with Gasteiger partial charge in [-0.3, -0.25) is 0 Å². The lowest BCUT2D eigenvalue weighted by molar-refractivity contribution is -0.108. The number of hydrogen-bond donors (Lipinski definition) is 4. The standard InChI is InChI=1S/C20H20N2O4/c23-11-14-17(24)18(25)19(26)20-21-15(12-7-3-1-4-8-12)16(22(14)20)13-9-5-2-6-10-13/h1-10,14,17-19,23-26H,11H2/t14-,17+,18-,19+/m0/s1. The van der Waals surface area contributed by atoms with Gasteiger partial charge in [0.15, 0.2) is 0 Å². The molecule has 0 aliphatic carbocycles. The Hall–Kier alpha value is -2.51. The average Bonchev–Trinajstić information content (AvgIpc) is 3.08. The van der Waals surface area contributed by atoms with Gasteiger partial charge in [0.05, 0.1) is 24.0 Å². The van der Waals surface area contributed by atoms with Gasteiger partial charge in [0.2, 0.25) is 0 Å². The number of aliphatic hydroxyl groups is 4. The number of fused-ring (bicyclic) bond motifs is 1. The maximum absolute atomic E-state index is 10.5. The fourth-order valence-electron chi connectivity index (χ4n) is 3.57. The molecule has 1 aliphatic heterocycles. The molecule has 3 aromatic rings. The molecular formula is C20H20N2O4. The minimum Gasteiger partial charge on any atom is -0.394 e. The first-order valence-electron chi connectivity index (χ1n) is 8.51. The summed E-state index contributed by atoms with van der Waals surface area (Å²) in [6.07, 6.45) is -4.05. The van der Waals surface area contributed by atoms with Crippen LogP contribution in [-0.4, -0.2) is 48.8 Å². The Kier molecular flexibility index (Phi) is 4.34. The van der Waals surface area contributed by atoms with Gasteiger partial charge < -0.3 is 25.0 Å². The van der Waals surface area contributed by atoms with Crippen molar-refractivity contribution in [1.29, 1.82) is 0 Å². The van der Waals surface area contributed by atoms with Gasteiger partial charge in [0.1, 0.15) is 24.1 Å². The third kappa shape index (κ3) is 2.55. The van der Waals surface area contributed by atoms with Gasteiger partial charge in [-0.15, -0.1) is 0 Å². The summed E-state index contributed by atoms with van der Waals surface area (Å²) in [5.41, 5.74) is 3.02. The van der Waals surface area contributed by atoms with Crippen LogP contribution in [0.5, 0.6) is 0 Å². The van der Waals surface area contributed by atoms with E-state index in [9.17, 15) is 20.4 Å². The second-order valence-corrected chi connectivity index (χ2v) is 6.45. The fraction of sp³-hybridized carbons (Fsp3) is 0.250. The van der Waals surface area contributed by atoms with Crippen molar-refractivity contribution in [2.75, 3.05) is 6.61 Å². The van der Waals surface area contributed by atoms with E-state index in [1.165, 1.54) is 0 Å². The van der Waals surface area contributed by atoms with E-state index >= 15 is 0 Å². The maximum Gasteiger partial charge on any atom is 0.142 e. The number of hydrogen-bond acceptors (Lipinski definition) is 5. The zero-order chi connectivity index (χ0) is 18.3. The summed E-state index contributed by atoms with van der Waals surface area (Å²) in [5, 5.41) is 40.9. The molecule has 0 saturated carbocycles. The second kappa shape index (κ2) is 6.66. The molecule has 1 aromatic heterocycles. The molecule has 2 heterocycles. The lowest BCUT2D eigenvalue weighted by atomic mass is 9.95. The van der Waals surface area contributed by atoms with E-state index in [4.69, 9.17) is 0 Å². The first kappa shape index (κ1) is 16.9. The molecule has 6 heteroatoms. The van der Waals surface area contributed by atoms with Gasteiger partial charge in [0, 0.05) is 11.1 Å². The molecule has 0 fully saturated rings. The Morgan fingerprint density at radius 2 is 1.38 bits per heavy atom. The van der Waals surface area contributed by atoms with Crippen molar-refractivity contribution >= 4 is 0 Å². The number of imidazole rings is 1. The minimum atomic E-state index is -1.41. The fourth-order valence-corrected chi connectivity index (χ4v) is 3.57. The summed E-state index contributed by atoms with van der Waals surface area (Å²) in [6, 6.07) is 18.2. The zero-order valence-corrected chi connectivity index (χ0v) is 14.0. The molecule has 134 valence electrons. The maximum atomic E-state index is 10.5. The van der Waals surface area contributed by atoms with E-state index in [0.29, 0.717) is 11.4 Å². The molecule has 0 spiro atoms. The third-order valence-corrected chi connectivity index (χ3v) is 4.88. The predicted octanol–water partition coefficient (Wildman–Crippen LogP) is 1.52. The first-order valence-corrected chi connectivity index (χ1v) is 8.51. The molecule has 4 rings (SSSR count). The molecule has 0 saturated heterocycles. The zero-order valence-electron chi connectivity index (χ0n) is 14.0. The second-order valence-electron chi connectivity index (χ2n) is 6.45. The van der Waals surface area contributed by atoms with Gasteiger partial charge in [-0.25, -0.2) is 4.98 Å². The summed E-state index contributed by atoms with van der Waals surface area (Å²) < 4.78 is 1.65. The Morgan fingerprint density at radius 3 is 1.96 bits per heavy atom. The van der Waals surface area contributed by atoms with Crippen LogP contribution >= 0.6 is 0 Å². The molecule has 0 unspecified atom stereocenters. The highest BCUT2D eigenvalue weighted by Gasteiger charge is 2.43. The normalized spacial score (nSPS) is 25.1. The van der Waals surface area contributed by atoms with E-state index in [0.717, 1.165) is 11.1 Å². The van der Waals surface area contributed by atoms with Crippen molar-refractivity contribution in [2.24, 2.45) is 0 Å². The largest absolute Gasteiger partial charge is 0.394 e. The molecule has 0 bridgehead atoms. The quantitative estimate of drug-likeness (QED) is 0.573. The van der Waals surface area contributed by atoms with Crippen molar-refractivity contribution in [2.45, 2.75) is 24.4 Å². The third-order valence-electron chi connectivity index (χ3n) is 4.88. The number of benzene rings is 2. The SMILES string of the molecule is OC[C@H]1[C@@H](O)[C@H](O)[C@@H](O)c2nc(-c3ccccc3)c(-c3ccccc3)n21. The van der Waals surface area contributed by atoms with Gasteiger partial charge >= 0.3 is 0 Å². The number of aromatic nitrogens is 2. The Balaban J connectivity index is 2.03. The predicted molar refractivity (Wildman–Crippen MR) is 96.2 cm³/mol. The summed E-state index contributed by atoms with van der Waals surface area (Å²) in [4.78, 5) is 4.59. The van der Waals surface area contributed by atoms with Crippen LogP contribution in [-0.2, 0) is 0 Å². The van der Waals surface area contributed by atoms with Crippen LogP contribution in [0, 0.1) is 0 Å². The summed E-state index contributed by atoms with van der Waals surface area (Å²) >= 11 is 0. The van der Waals surface area contributed by atoms with Crippen LogP contribution in [0.1, 0.15) is 18.0 Å². The summed E-state index contributed by atoms with van der Waals surface area (Å²) in [6.45, 7) is -0.387. The first-order chi connectivity index (χ1) is 12.6. The smallest absolute Gasteiger partial charge is 0.142 e. The molecular weight excluding hydrogens is 332 g/mol. The van der Waals surface area contributed by atoms with E-state index in [-0.39, 0.29) is 12.4 Å². The number of aliphatic hydroxyl groups excluding tert-OH is 4. The number of nitrogens with zero attached hydrogens (tertiary/aromatic N) is 2. The molecule has 26 heavy (non-hydrogen) atoms. The summed E-state index contributed by atoms with van der Waals surface area (Å²) in [5.74, 6) is 0.236. The van der Waals surface area contributed by atoms with E-state index in [1.807, 2.05) is 60.7 Å². The van der Waals surface area contributed by atoms with Crippen LogP contribution < -0.4 is 0 Å². The lowest BCUT2D eigenvalue weighted by Crippen LogP contribution is -2.46. The lowest BCUT2D eigenvalue weighted by Gasteiger charge is -2.36. The number of rotatable bonds is 3. The molecule has 4 N–H and O–H groups in total. The van der Waals surface area contributed by atoms with Crippen LogP contribution in [0.25, 0.3) is 22.5 Å². The molecule has 0 amide bonds. The van der Waals surface area contributed by atoms with Crippen LogP contribution in [0.2, 0.25) is 0 Å². The van der Waals surface area contributed by atoms with Crippen molar-refractivity contribution in [3.63, 3.8) is 0 Å². The van der Waals surface area contributed by atoms with E-state index < -0.39 is 24.4 Å². The van der Waals surface area contributed by atoms with Gasteiger partial charge in [-0.05, 0) is 0 Å². The van der Waals surface area contributed by atoms with E-state index in [1.54, 1.807) is 4.57 Å². The highest BCUT2D eigenvalue weighted by atomic mass is 16.4. The van der Waals surface area contributed by atoms with Crippen molar-refractivity contribution < 1.29 is 20.4 Å². The van der Waals surface area contributed by atoms with Gasteiger partial charge in [-0.2, -0.15) is 0 Å². The molecule has 4 atom stereocenters. The van der Waals surface area contributed by atoms with E-state index in [2.05, 4.69) is 4.98 Å². The molecule has 0 radical (unpaired) electrons. The minimum absolute atomic E-state index is 0.236.